The van der Waals surface area contributed by atoms with Crippen LogP contribution in [-0.2, 0) is 6.54 Å². The Morgan fingerprint density at radius 1 is 1.23 bits per heavy atom. The summed E-state index contributed by atoms with van der Waals surface area (Å²) in [5.74, 6) is 0.475. The van der Waals surface area contributed by atoms with Gasteiger partial charge in [0.2, 0.25) is 5.95 Å². The average Bonchev–Trinajstić information content (AvgIpc) is 3.48. The minimum atomic E-state index is 0.475. The van der Waals surface area contributed by atoms with Gasteiger partial charge in [-0.05, 0) is 42.3 Å². The fourth-order valence-corrected chi connectivity index (χ4v) is 3.23. The lowest BCUT2D eigenvalue weighted by atomic mass is 10.1. The Balaban J connectivity index is 1.68. The Morgan fingerprint density at radius 2 is 2.16 bits per heavy atom. The molecule has 0 fully saturated rings. The zero-order chi connectivity index (χ0) is 21.5. The van der Waals surface area contributed by atoms with E-state index in [4.69, 9.17) is 10.1 Å². The van der Waals surface area contributed by atoms with Crippen molar-refractivity contribution < 1.29 is 0 Å². The van der Waals surface area contributed by atoms with Gasteiger partial charge >= 0.3 is 0 Å². The van der Waals surface area contributed by atoms with Crippen LogP contribution in [0.1, 0.15) is 6.42 Å². The summed E-state index contributed by atoms with van der Waals surface area (Å²) >= 11 is 0. The number of aromatic nitrogens is 5. The number of aryl methyl sites for hydroxylation is 1. The van der Waals surface area contributed by atoms with Crippen molar-refractivity contribution in [1.29, 1.82) is 0 Å². The Kier molecular flexibility index (Phi) is 6.23. The van der Waals surface area contributed by atoms with Crippen LogP contribution in [0.25, 0.3) is 22.5 Å². The van der Waals surface area contributed by atoms with Crippen LogP contribution < -0.4 is 5.32 Å². The molecule has 0 unspecified atom stereocenters. The number of anilines is 1. The maximum Gasteiger partial charge on any atom is 0.227 e. The lowest BCUT2D eigenvalue weighted by molar-refractivity contribution is 0.621. The maximum absolute atomic E-state index is 4.84. The first-order chi connectivity index (χ1) is 15.3. The molecule has 3 aromatic heterocycles. The number of nitrogens with zero attached hydrogens (tertiary/aromatic N) is 6. The van der Waals surface area contributed by atoms with Gasteiger partial charge in [-0.3, -0.25) is 14.7 Å². The number of rotatable bonds is 9. The van der Waals surface area contributed by atoms with Gasteiger partial charge in [-0.25, -0.2) is 9.97 Å². The molecule has 4 heterocycles. The molecule has 0 atom stereocenters. The van der Waals surface area contributed by atoms with Gasteiger partial charge in [-0.2, -0.15) is 5.10 Å². The van der Waals surface area contributed by atoms with Crippen LogP contribution in [0.3, 0.4) is 0 Å². The molecular formula is C24H23N7. The number of nitrogens with one attached hydrogen (secondary N) is 1. The van der Waals surface area contributed by atoms with Gasteiger partial charge in [0, 0.05) is 54.4 Å². The molecule has 0 saturated carbocycles. The van der Waals surface area contributed by atoms with E-state index in [1.165, 1.54) is 5.57 Å². The summed E-state index contributed by atoms with van der Waals surface area (Å²) < 4.78 is 1.95. The summed E-state index contributed by atoms with van der Waals surface area (Å²) in [4.78, 5) is 17.5. The average molecular weight is 409 g/mol. The molecule has 0 saturated heterocycles. The minimum Gasteiger partial charge on any atom is -0.324 e. The SMILES string of the molecule is C=C/C=C(\C=C)Nc1nccc(-c2cn(CCC3=CCN=C3)nc2-c2cccnc2)n1. The van der Waals surface area contributed by atoms with Crippen molar-refractivity contribution >= 4 is 12.2 Å². The lowest BCUT2D eigenvalue weighted by Crippen LogP contribution is -2.02. The van der Waals surface area contributed by atoms with Crippen LogP contribution in [0.15, 0.2) is 96.7 Å². The Hall–Kier alpha value is -4.13. The fraction of sp³-hybridized carbons (Fsp3) is 0.125. The smallest absolute Gasteiger partial charge is 0.227 e. The normalized spacial score (nSPS) is 13.2. The van der Waals surface area contributed by atoms with E-state index in [0.717, 1.165) is 47.7 Å². The fourth-order valence-electron chi connectivity index (χ4n) is 3.23. The standard InChI is InChI=1S/C24H23N7/c1-3-6-20(4-2)28-24-27-13-9-22(29-24)21-17-31(14-10-18-8-12-26-15-18)30-23(21)19-7-5-11-25-16-19/h3-9,11,13,15-17H,1-2,10,12,14H2,(H,27,28,29)/b20-6+. The molecule has 0 radical (unpaired) electrons. The summed E-state index contributed by atoms with van der Waals surface area (Å²) in [6, 6.07) is 5.78. The predicted molar refractivity (Wildman–Crippen MR) is 125 cm³/mol. The van der Waals surface area contributed by atoms with Gasteiger partial charge in [0.1, 0.15) is 5.69 Å². The van der Waals surface area contributed by atoms with Crippen molar-refractivity contribution in [3.8, 4) is 22.5 Å². The monoisotopic (exact) mass is 409 g/mol. The minimum absolute atomic E-state index is 0.475. The molecule has 7 heteroatoms. The summed E-state index contributed by atoms with van der Waals surface area (Å²) in [6.07, 6.45) is 17.4. The zero-order valence-electron chi connectivity index (χ0n) is 17.1. The van der Waals surface area contributed by atoms with Crippen molar-refractivity contribution in [1.82, 2.24) is 24.7 Å². The molecule has 154 valence electrons. The zero-order valence-corrected chi connectivity index (χ0v) is 17.1. The van der Waals surface area contributed by atoms with E-state index >= 15 is 0 Å². The highest BCUT2D eigenvalue weighted by Crippen LogP contribution is 2.30. The van der Waals surface area contributed by atoms with E-state index in [1.54, 1.807) is 24.5 Å². The third-order valence-corrected chi connectivity index (χ3v) is 4.75. The molecule has 0 aliphatic carbocycles. The van der Waals surface area contributed by atoms with E-state index < -0.39 is 0 Å². The van der Waals surface area contributed by atoms with E-state index in [2.05, 4.69) is 39.5 Å². The predicted octanol–water partition coefficient (Wildman–Crippen LogP) is 4.47. The largest absolute Gasteiger partial charge is 0.324 e. The highest BCUT2D eigenvalue weighted by atomic mass is 15.3. The summed E-state index contributed by atoms with van der Waals surface area (Å²) in [7, 11) is 0. The number of allylic oxidation sites excluding steroid dienone is 4. The molecule has 7 nitrogen and oxygen atoms in total. The Labute approximate surface area is 181 Å². The first-order valence-electron chi connectivity index (χ1n) is 9.99. The van der Waals surface area contributed by atoms with Crippen molar-refractivity contribution in [3.05, 3.63) is 91.7 Å². The first-order valence-corrected chi connectivity index (χ1v) is 9.99. The molecule has 3 aromatic rings. The molecule has 1 N–H and O–H groups in total. The molecule has 0 spiro atoms. The molecule has 0 bridgehead atoms. The van der Waals surface area contributed by atoms with Crippen molar-refractivity contribution in [3.63, 3.8) is 0 Å². The van der Waals surface area contributed by atoms with Crippen LogP contribution in [0.2, 0.25) is 0 Å². The molecule has 4 rings (SSSR count). The highest BCUT2D eigenvalue weighted by molar-refractivity contribution is 5.81. The molecule has 31 heavy (non-hydrogen) atoms. The highest BCUT2D eigenvalue weighted by Gasteiger charge is 2.16. The van der Waals surface area contributed by atoms with Crippen molar-refractivity contribution in [2.24, 2.45) is 4.99 Å². The third-order valence-electron chi connectivity index (χ3n) is 4.75. The maximum atomic E-state index is 4.84. The van der Waals surface area contributed by atoms with Gasteiger partial charge in [0.25, 0.3) is 0 Å². The van der Waals surface area contributed by atoms with E-state index in [1.807, 2.05) is 47.6 Å². The quantitative estimate of drug-likeness (QED) is 0.527. The second kappa shape index (κ2) is 9.58. The van der Waals surface area contributed by atoms with Crippen molar-refractivity contribution in [2.75, 3.05) is 11.9 Å². The van der Waals surface area contributed by atoms with Gasteiger partial charge in [-0.15, -0.1) is 0 Å². The van der Waals surface area contributed by atoms with Gasteiger partial charge in [0.05, 0.1) is 12.2 Å². The molecule has 1 aliphatic rings. The van der Waals surface area contributed by atoms with Crippen molar-refractivity contribution in [2.45, 2.75) is 13.0 Å². The van der Waals surface area contributed by atoms with Crippen LogP contribution in [0.4, 0.5) is 5.95 Å². The topological polar surface area (TPSA) is 80.9 Å². The van der Waals surface area contributed by atoms with Gasteiger partial charge in [0.15, 0.2) is 0 Å². The first kappa shape index (κ1) is 20.2. The molecule has 1 aliphatic heterocycles. The third kappa shape index (κ3) is 4.90. The van der Waals surface area contributed by atoms with E-state index in [0.29, 0.717) is 5.95 Å². The summed E-state index contributed by atoms with van der Waals surface area (Å²) in [5, 5.41) is 7.99. The Bertz CT molecular complexity index is 1170. The lowest BCUT2D eigenvalue weighted by Gasteiger charge is -2.07. The summed E-state index contributed by atoms with van der Waals surface area (Å²) in [5.41, 5.74) is 5.45. The Morgan fingerprint density at radius 3 is 2.90 bits per heavy atom. The molecular weight excluding hydrogens is 386 g/mol. The number of aliphatic imine (C=N–C) groups is 1. The number of hydrogen-bond acceptors (Lipinski definition) is 6. The van der Waals surface area contributed by atoms with Crippen LogP contribution in [0.5, 0.6) is 0 Å². The molecule has 0 amide bonds. The van der Waals surface area contributed by atoms with E-state index in [-0.39, 0.29) is 0 Å². The second-order valence-electron chi connectivity index (χ2n) is 6.87. The summed E-state index contributed by atoms with van der Waals surface area (Å²) in [6.45, 7) is 9.04. The second-order valence-corrected chi connectivity index (χ2v) is 6.87. The van der Waals surface area contributed by atoms with Gasteiger partial charge < -0.3 is 5.32 Å². The number of pyridine rings is 1. The van der Waals surface area contributed by atoms with Crippen LogP contribution in [-0.4, -0.2) is 37.5 Å². The van der Waals surface area contributed by atoms with E-state index in [9.17, 15) is 0 Å². The van der Waals surface area contributed by atoms with Crippen LogP contribution in [0, 0.1) is 0 Å². The van der Waals surface area contributed by atoms with Crippen LogP contribution >= 0.6 is 0 Å². The number of hydrogen-bond donors (Lipinski definition) is 1. The van der Waals surface area contributed by atoms with Gasteiger partial charge in [-0.1, -0.05) is 25.3 Å². The molecule has 0 aromatic carbocycles.